The van der Waals surface area contributed by atoms with E-state index in [9.17, 15) is 9.59 Å². The topological polar surface area (TPSA) is 70.6 Å². The number of hydrogen-bond donors (Lipinski definition) is 2. The number of rotatable bonds is 6. The average molecular weight is 378 g/mol. The highest BCUT2D eigenvalue weighted by molar-refractivity contribution is 6.42. The van der Waals surface area contributed by atoms with Crippen molar-refractivity contribution in [1.82, 2.24) is 5.43 Å². The van der Waals surface area contributed by atoms with Crippen molar-refractivity contribution >= 4 is 46.4 Å². The van der Waals surface area contributed by atoms with Gasteiger partial charge in [0, 0.05) is 11.4 Å². The number of carbonyl (C=O) groups excluding carboxylic acids is 2. The molecule has 0 saturated carbocycles. The molecule has 2 N–H and O–H groups in total. The highest BCUT2D eigenvalue weighted by Gasteiger charge is 2.07. The summed E-state index contributed by atoms with van der Waals surface area (Å²) >= 11 is 11.7. The largest absolute Gasteiger partial charge is 0.326 e. The lowest BCUT2D eigenvalue weighted by Gasteiger charge is -2.06. The predicted molar refractivity (Wildman–Crippen MR) is 101 cm³/mol. The number of nitrogens with one attached hydrogen (secondary N) is 2. The third-order valence-corrected chi connectivity index (χ3v) is 3.94. The van der Waals surface area contributed by atoms with Gasteiger partial charge in [0.15, 0.2) is 0 Å². The van der Waals surface area contributed by atoms with Gasteiger partial charge in [-0.3, -0.25) is 9.59 Å². The first-order valence-electron chi connectivity index (χ1n) is 7.55. The van der Waals surface area contributed by atoms with E-state index < -0.39 is 0 Å². The van der Waals surface area contributed by atoms with E-state index >= 15 is 0 Å². The van der Waals surface area contributed by atoms with E-state index in [0.717, 1.165) is 5.56 Å². The molecule has 0 radical (unpaired) electrons. The number of halogens is 2. The van der Waals surface area contributed by atoms with Crippen molar-refractivity contribution < 1.29 is 9.59 Å². The van der Waals surface area contributed by atoms with Crippen LogP contribution >= 0.6 is 23.2 Å². The van der Waals surface area contributed by atoms with Gasteiger partial charge in [-0.1, -0.05) is 53.5 Å². The summed E-state index contributed by atoms with van der Waals surface area (Å²) in [6, 6.07) is 14.2. The Bertz CT molecular complexity index is 792. The highest BCUT2D eigenvalue weighted by Crippen LogP contribution is 2.25. The fraction of sp³-hybridized carbons (Fsp3) is 0.167. The lowest BCUT2D eigenvalue weighted by molar-refractivity contribution is -0.120. The Hall–Kier alpha value is -2.37. The zero-order valence-electron chi connectivity index (χ0n) is 13.6. The van der Waals surface area contributed by atoms with Crippen molar-refractivity contribution in [3.8, 4) is 0 Å². The summed E-state index contributed by atoms with van der Waals surface area (Å²) in [7, 11) is 0. The minimum absolute atomic E-state index is 0.0475. The highest BCUT2D eigenvalue weighted by atomic mass is 35.5. The summed E-state index contributed by atoms with van der Waals surface area (Å²) in [4.78, 5) is 23.8. The zero-order chi connectivity index (χ0) is 18.2. The van der Waals surface area contributed by atoms with E-state index in [-0.39, 0.29) is 24.7 Å². The van der Waals surface area contributed by atoms with E-state index in [2.05, 4.69) is 15.8 Å². The third-order valence-electron chi connectivity index (χ3n) is 3.20. The third kappa shape index (κ3) is 6.57. The van der Waals surface area contributed by atoms with Crippen LogP contribution in [0.25, 0.3) is 0 Å². The van der Waals surface area contributed by atoms with Crippen LogP contribution in [0.15, 0.2) is 53.6 Å². The van der Waals surface area contributed by atoms with Crippen molar-refractivity contribution in [2.75, 3.05) is 5.32 Å². The lowest BCUT2D eigenvalue weighted by atomic mass is 10.1. The van der Waals surface area contributed by atoms with E-state index in [1.54, 1.807) is 25.1 Å². The molecule has 0 aliphatic carbocycles. The van der Waals surface area contributed by atoms with Gasteiger partial charge in [0.1, 0.15) is 0 Å². The molecule has 25 heavy (non-hydrogen) atoms. The van der Waals surface area contributed by atoms with Crippen LogP contribution in [-0.2, 0) is 16.0 Å². The summed E-state index contributed by atoms with van der Waals surface area (Å²) in [5, 5.41) is 7.41. The van der Waals surface area contributed by atoms with Crippen LogP contribution in [0.2, 0.25) is 10.0 Å². The molecule has 0 unspecified atom stereocenters. The number of hydrogen-bond acceptors (Lipinski definition) is 3. The molecule has 0 heterocycles. The van der Waals surface area contributed by atoms with Crippen molar-refractivity contribution in [1.29, 1.82) is 0 Å². The number of anilines is 1. The van der Waals surface area contributed by atoms with Gasteiger partial charge in [-0.15, -0.1) is 0 Å². The first kappa shape index (κ1) is 19.0. The van der Waals surface area contributed by atoms with Crippen LogP contribution in [0.5, 0.6) is 0 Å². The summed E-state index contributed by atoms with van der Waals surface area (Å²) in [5.74, 6) is -0.507. The Kier molecular flexibility index (Phi) is 6.98. The summed E-state index contributed by atoms with van der Waals surface area (Å²) in [6.45, 7) is 1.66. The Morgan fingerprint density at radius 1 is 1.00 bits per heavy atom. The SMILES string of the molecule is C/C(CC(=O)Nc1ccc(Cl)c(Cl)c1)=N/NC(=O)Cc1ccccc1. The lowest BCUT2D eigenvalue weighted by Crippen LogP contribution is -2.22. The van der Waals surface area contributed by atoms with Gasteiger partial charge in [0.25, 0.3) is 0 Å². The van der Waals surface area contributed by atoms with Crippen LogP contribution in [0.4, 0.5) is 5.69 Å². The van der Waals surface area contributed by atoms with E-state index in [1.165, 1.54) is 0 Å². The molecule has 2 amide bonds. The number of amides is 2. The molecule has 0 aliphatic heterocycles. The number of carbonyl (C=O) groups is 2. The van der Waals surface area contributed by atoms with Crippen LogP contribution in [0.3, 0.4) is 0 Å². The van der Waals surface area contributed by atoms with Gasteiger partial charge in [0.2, 0.25) is 11.8 Å². The van der Waals surface area contributed by atoms with Crippen LogP contribution in [-0.4, -0.2) is 17.5 Å². The number of benzene rings is 2. The van der Waals surface area contributed by atoms with Crippen molar-refractivity contribution in [3.63, 3.8) is 0 Å². The first-order valence-corrected chi connectivity index (χ1v) is 8.30. The summed E-state index contributed by atoms with van der Waals surface area (Å²) < 4.78 is 0. The second kappa shape index (κ2) is 9.20. The monoisotopic (exact) mass is 377 g/mol. The molecule has 0 bridgehead atoms. The molecule has 2 rings (SSSR count). The van der Waals surface area contributed by atoms with E-state index in [4.69, 9.17) is 23.2 Å². The Morgan fingerprint density at radius 2 is 1.72 bits per heavy atom. The van der Waals surface area contributed by atoms with Gasteiger partial charge >= 0.3 is 0 Å². The Labute approximate surface area is 156 Å². The zero-order valence-corrected chi connectivity index (χ0v) is 15.1. The van der Waals surface area contributed by atoms with Gasteiger partial charge in [-0.05, 0) is 30.7 Å². The molecule has 130 valence electrons. The molecule has 0 atom stereocenters. The maximum absolute atomic E-state index is 12.0. The van der Waals surface area contributed by atoms with Crippen LogP contribution in [0, 0.1) is 0 Å². The summed E-state index contributed by atoms with van der Waals surface area (Å²) in [6.07, 6.45) is 0.277. The maximum Gasteiger partial charge on any atom is 0.244 e. The Balaban J connectivity index is 1.82. The molecule has 7 heteroatoms. The first-order chi connectivity index (χ1) is 11.9. The molecular formula is C18H17Cl2N3O2. The molecule has 2 aromatic rings. The minimum Gasteiger partial charge on any atom is -0.326 e. The smallest absolute Gasteiger partial charge is 0.244 e. The maximum atomic E-state index is 12.0. The molecule has 0 spiro atoms. The molecule has 0 saturated heterocycles. The van der Waals surface area contributed by atoms with Gasteiger partial charge in [-0.2, -0.15) is 5.10 Å². The average Bonchev–Trinajstić information content (AvgIpc) is 2.57. The molecule has 2 aromatic carbocycles. The van der Waals surface area contributed by atoms with Crippen molar-refractivity contribution in [2.24, 2.45) is 5.10 Å². The molecular weight excluding hydrogens is 361 g/mol. The quantitative estimate of drug-likeness (QED) is 0.588. The second-order valence-electron chi connectivity index (χ2n) is 5.40. The molecule has 5 nitrogen and oxygen atoms in total. The predicted octanol–water partition coefficient (Wildman–Crippen LogP) is 4.06. The van der Waals surface area contributed by atoms with Gasteiger partial charge in [0.05, 0.1) is 22.9 Å². The van der Waals surface area contributed by atoms with Crippen LogP contribution in [0.1, 0.15) is 18.9 Å². The van der Waals surface area contributed by atoms with Gasteiger partial charge in [-0.25, -0.2) is 5.43 Å². The normalized spacial score (nSPS) is 11.1. The minimum atomic E-state index is -0.267. The van der Waals surface area contributed by atoms with Crippen molar-refractivity contribution in [3.05, 3.63) is 64.1 Å². The molecule has 0 aliphatic rings. The van der Waals surface area contributed by atoms with E-state index in [1.807, 2.05) is 30.3 Å². The van der Waals surface area contributed by atoms with E-state index in [0.29, 0.717) is 21.4 Å². The fourth-order valence-corrected chi connectivity index (χ4v) is 2.33. The second-order valence-corrected chi connectivity index (χ2v) is 6.21. The van der Waals surface area contributed by atoms with Gasteiger partial charge < -0.3 is 5.32 Å². The molecule has 0 fully saturated rings. The number of nitrogens with zero attached hydrogens (tertiary/aromatic N) is 1. The number of hydrazone groups is 1. The van der Waals surface area contributed by atoms with Crippen molar-refractivity contribution in [2.45, 2.75) is 19.8 Å². The summed E-state index contributed by atoms with van der Waals surface area (Å²) in [5.41, 5.74) is 4.37. The Morgan fingerprint density at radius 3 is 2.40 bits per heavy atom. The van der Waals surface area contributed by atoms with Crippen LogP contribution < -0.4 is 10.7 Å². The fourth-order valence-electron chi connectivity index (χ4n) is 2.03. The standard InChI is InChI=1S/C18H17Cl2N3O2/c1-12(22-23-18(25)10-13-5-3-2-4-6-13)9-17(24)21-14-7-8-15(19)16(20)11-14/h2-8,11H,9-10H2,1H3,(H,21,24)(H,23,25)/b22-12-. The molecule has 0 aromatic heterocycles.